The monoisotopic (exact) mass is 394 g/mol. The highest BCUT2D eigenvalue weighted by molar-refractivity contribution is 5.78. The number of carbonyl (C=O) groups is 1. The maximum Gasteiger partial charge on any atom is 0.225 e. The molecule has 0 N–H and O–H groups in total. The van der Waals surface area contributed by atoms with E-state index >= 15 is 0 Å². The zero-order valence-corrected chi connectivity index (χ0v) is 17.0. The van der Waals surface area contributed by atoms with Gasteiger partial charge in [0.25, 0.3) is 0 Å². The number of hydrogen-bond acceptors (Lipinski definition) is 5. The molecule has 1 saturated heterocycles. The van der Waals surface area contributed by atoms with Gasteiger partial charge in [0.2, 0.25) is 5.91 Å². The summed E-state index contributed by atoms with van der Waals surface area (Å²) in [5.74, 6) is 1.51. The van der Waals surface area contributed by atoms with E-state index in [2.05, 4.69) is 10.3 Å². The third-order valence-electron chi connectivity index (χ3n) is 5.63. The fraction of sp³-hybridized carbons (Fsp3) is 0.409. The lowest BCUT2D eigenvalue weighted by molar-refractivity contribution is -0.132. The molecule has 2 atom stereocenters. The molecule has 0 bridgehead atoms. The zero-order chi connectivity index (χ0) is 20.4. The van der Waals surface area contributed by atoms with Crippen molar-refractivity contribution in [1.29, 1.82) is 0 Å². The largest absolute Gasteiger partial charge is 0.493 e. The second kappa shape index (κ2) is 8.11. The van der Waals surface area contributed by atoms with Crippen molar-refractivity contribution in [2.24, 2.45) is 0 Å². The van der Waals surface area contributed by atoms with Crippen LogP contribution in [0.3, 0.4) is 0 Å². The Morgan fingerprint density at radius 1 is 1.17 bits per heavy atom. The van der Waals surface area contributed by atoms with E-state index in [1.54, 1.807) is 14.2 Å². The van der Waals surface area contributed by atoms with Crippen molar-refractivity contribution in [1.82, 2.24) is 19.9 Å². The van der Waals surface area contributed by atoms with Gasteiger partial charge in [0.05, 0.1) is 31.8 Å². The highest BCUT2D eigenvalue weighted by atomic mass is 16.5. The van der Waals surface area contributed by atoms with Gasteiger partial charge in [0.1, 0.15) is 5.52 Å². The van der Waals surface area contributed by atoms with Crippen molar-refractivity contribution in [2.75, 3.05) is 20.8 Å². The minimum atomic E-state index is -0.0680. The number of methoxy groups -OCH3 is 2. The Morgan fingerprint density at radius 3 is 2.76 bits per heavy atom. The number of fused-ring (bicyclic) bond motifs is 1. The molecule has 7 nitrogen and oxygen atoms in total. The second-order valence-electron chi connectivity index (χ2n) is 7.44. The molecule has 1 fully saturated rings. The summed E-state index contributed by atoms with van der Waals surface area (Å²) >= 11 is 0. The predicted octanol–water partition coefficient (Wildman–Crippen LogP) is 3.76. The van der Waals surface area contributed by atoms with Gasteiger partial charge < -0.3 is 14.4 Å². The number of para-hydroxylation sites is 1. The van der Waals surface area contributed by atoms with E-state index in [4.69, 9.17) is 9.47 Å². The lowest BCUT2D eigenvalue weighted by Crippen LogP contribution is -2.32. The van der Waals surface area contributed by atoms with Crippen LogP contribution >= 0.6 is 0 Å². The summed E-state index contributed by atoms with van der Waals surface area (Å²) in [5, 5.41) is 8.46. The summed E-state index contributed by atoms with van der Waals surface area (Å²) in [6, 6.07) is 13.7. The molecule has 0 radical (unpaired) electrons. The van der Waals surface area contributed by atoms with Crippen molar-refractivity contribution in [2.45, 2.75) is 38.3 Å². The molecule has 1 aliphatic heterocycles. The average Bonchev–Trinajstić information content (AvgIpc) is 3.40. The minimum absolute atomic E-state index is 0.0574. The van der Waals surface area contributed by atoms with E-state index in [1.165, 1.54) is 0 Å². The first-order chi connectivity index (χ1) is 14.1. The number of aromatic nitrogens is 3. The third-order valence-corrected chi connectivity index (χ3v) is 5.63. The first kappa shape index (κ1) is 19.2. The summed E-state index contributed by atoms with van der Waals surface area (Å²) in [5.41, 5.74) is 2.87. The molecule has 29 heavy (non-hydrogen) atoms. The summed E-state index contributed by atoms with van der Waals surface area (Å²) in [6.45, 7) is 2.78. The Morgan fingerprint density at radius 2 is 1.97 bits per heavy atom. The molecule has 1 amide bonds. The molecule has 0 unspecified atom stereocenters. The molecule has 0 aliphatic carbocycles. The zero-order valence-electron chi connectivity index (χ0n) is 17.0. The van der Waals surface area contributed by atoms with Crippen LogP contribution in [-0.4, -0.2) is 46.6 Å². The summed E-state index contributed by atoms with van der Waals surface area (Å²) in [4.78, 5) is 15.1. The van der Waals surface area contributed by atoms with Crippen LogP contribution in [0.25, 0.3) is 11.0 Å². The van der Waals surface area contributed by atoms with Crippen LogP contribution in [0.1, 0.15) is 43.8 Å². The van der Waals surface area contributed by atoms with Gasteiger partial charge in [-0.1, -0.05) is 23.4 Å². The Hall–Kier alpha value is -3.09. The van der Waals surface area contributed by atoms with E-state index in [9.17, 15) is 4.79 Å². The number of nitrogens with zero attached hydrogens (tertiary/aromatic N) is 4. The maximum atomic E-state index is 13.2. The van der Waals surface area contributed by atoms with Crippen molar-refractivity contribution in [3.05, 3.63) is 48.0 Å². The molecule has 0 saturated carbocycles. The molecule has 0 spiro atoms. The number of likely N-dealkylation sites (tertiary alicyclic amines) is 1. The molecule has 3 aromatic rings. The summed E-state index contributed by atoms with van der Waals surface area (Å²) in [6.07, 6.45) is 2.32. The fourth-order valence-electron chi connectivity index (χ4n) is 4.14. The number of amides is 1. The first-order valence-electron chi connectivity index (χ1n) is 9.93. The van der Waals surface area contributed by atoms with E-state index < -0.39 is 0 Å². The van der Waals surface area contributed by atoms with Crippen LogP contribution in [0.15, 0.2) is 42.5 Å². The molecular formula is C22H26N4O3. The van der Waals surface area contributed by atoms with Crippen LogP contribution in [0.4, 0.5) is 0 Å². The quantitative estimate of drug-likeness (QED) is 0.637. The molecular weight excluding hydrogens is 368 g/mol. The molecule has 2 aromatic carbocycles. The Balaban J connectivity index is 1.52. The van der Waals surface area contributed by atoms with E-state index in [0.717, 1.165) is 36.0 Å². The predicted molar refractivity (Wildman–Crippen MR) is 110 cm³/mol. The smallest absolute Gasteiger partial charge is 0.225 e. The summed E-state index contributed by atoms with van der Waals surface area (Å²) < 4.78 is 12.6. The lowest BCUT2D eigenvalue weighted by atomic mass is 10.0. The van der Waals surface area contributed by atoms with Crippen LogP contribution < -0.4 is 9.47 Å². The molecule has 152 valence electrons. The van der Waals surface area contributed by atoms with E-state index in [0.29, 0.717) is 17.9 Å². The molecule has 4 rings (SSSR count). The van der Waals surface area contributed by atoms with Gasteiger partial charge in [-0.25, -0.2) is 4.68 Å². The lowest BCUT2D eigenvalue weighted by Gasteiger charge is -2.27. The number of carbonyl (C=O) groups excluding carboxylic acids is 1. The van der Waals surface area contributed by atoms with Crippen LogP contribution in [0.5, 0.6) is 11.5 Å². The third kappa shape index (κ3) is 3.64. The number of ether oxygens (including phenoxy) is 2. The highest BCUT2D eigenvalue weighted by Crippen LogP contribution is 2.37. The van der Waals surface area contributed by atoms with Gasteiger partial charge in [-0.05, 0) is 49.6 Å². The molecule has 1 aromatic heterocycles. The number of rotatable bonds is 6. The van der Waals surface area contributed by atoms with Crippen molar-refractivity contribution >= 4 is 16.9 Å². The van der Waals surface area contributed by atoms with Gasteiger partial charge in [-0.2, -0.15) is 0 Å². The van der Waals surface area contributed by atoms with Gasteiger partial charge >= 0.3 is 0 Å². The van der Waals surface area contributed by atoms with Crippen LogP contribution in [0, 0.1) is 0 Å². The summed E-state index contributed by atoms with van der Waals surface area (Å²) in [7, 11) is 3.25. The Kier molecular flexibility index (Phi) is 5.38. The van der Waals surface area contributed by atoms with Crippen molar-refractivity contribution in [3.8, 4) is 11.5 Å². The molecule has 1 aliphatic rings. The number of benzene rings is 2. The van der Waals surface area contributed by atoms with Crippen molar-refractivity contribution < 1.29 is 14.3 Å². The van der Waals surface area contributed by atoms with Gasteiger partial charge in [0, 0.05) is 13.0 Å². The fourth-order valence-corrected chi connectivity index (χ4v) is 4.14. The average molecular weight is 394 g/mol. The molecule has 7 heteroatoms. The van der Waals surface area contributed by atoms with Crippen LogP contribution in [-0.2, 0) is 4.79 Å². The standard InChI is InChI=1S/C22H26N4O3/c1-15(26-19-8-5-4-7-17(19)23-24-26)13-22(27)25-12-6-9-18(25)16-10-11-20(28-2)21(14-16)29-3/h4-5,7-8,10-11,14-15,18H,6,9,12-13H2,1-3H3/t15-,18-/m1/s1. The van der Waals surface area contributed by atoms with Gasteiger partial charge in [-0.3, -0.25) is 4.79 Å². The van der Waals surface area contributed by atoms with E-state index in [1.807, 2.05) is 59.0 Å². The Bertz CT molecular complexity index is 1020. The topological polar surface area (TPSA) is 69.5 Å². The second-order valence-corrected chi connectivity index (χ2v) is 7.44. The van der Waals surface area contributed by atoms with Crippen LogP contribution in [0.2, 0.25) is 0 Å². The SMILES string of the molecule is COc1ccc([C@H]2CCCN2C(=O)C[C@@H](C)n2nnc3ccccc32)cc1OC. The van der Waals surface area contributed by atoms with Gasteiger partial charge in [-0.15, -0.1) is 5.10 Å². The highest BCUT2D eigenvalue weighted by Gasteiger charge is 2.31. The van der Waals surface area contributed by atoms with Crippen molar-refractivity contribution in [3.63, 3.8) is 0 Å². The minimum Gasteiger partial charge on any atom is -0.493 e. The number of hydrogen-bond donors (Lipinski definition) is 0. The maximum absolute atomic E-state index is 13.2. The first-order valence-corrected chi connectivity index (χ1v) is 9.93. The molecule has 2 heterocycles. The normalized spacial score (nSPS) is 17.5. The van der Waals surface area contributed by atoms with E-state index in [-0.39, 0.29) is 18.0 Å². The Labute approximate surface area is 170 Å². The van der Waals surface area contributed by atoms with Gasteiger partial charge in [0.15, 0.2) is 11.5 Å².